The number of carbonyl (C=O) groups excluding carboxylic acids is 2. The van der Waals surface area contributed by atoms with Crippen LogP contribution in [0.1, 0.15) is 78.8 Å². The van der Waals surface area contributed by atoms with Gasteiger partial charge in [0.15, 0.2) is 0 Å². The second-order valence-electron chi connectivity index (χ2n) is 11.5. The van der Waals surface area contributed by atoms with Crippen LogP contribution in [0.15, 0.2) is 34.1 Å². The van der Waals surface area contributed by atoms with Gasteiger partial charge in [-0.1, -0.05) is 0 Å². The molecule has 220 valence electrons. The van der Waals surface area contributed by atoms with E-state index in [1.165, 1.54) is 11.8 Å². The van der Waals surface area contributed by atoms with Crippen molar-refractivity contribution in [1.82, 2.24) is 25.2 Å². The number of alkyl halides is 2. The van der Waals surface area contributed by atoms with E-state index in [-0.39, 0.29) is 48.8 Å². The number of rotatable bonds is 8. The molecule has 0 unspecified atom stereocenters. The number of nitrogens with zero attached hydrogens (tertiary/aromatic N) is 2. The zero-order chi connectivity index (χ0) is 29.5. The third kappa shape index (κ3) is 5.91. The summed E-state index contributed by atoms with van der Waals surface area (Å²) in [6.45, 7) is 6.01. The van der Waals surface area contributed by atoms with Crippen LogP contribution in [0.3, 0.4) is 0 Å². The monoisotopic (exact) mass is 585 g/mol. The Hall–Kier alpha value is -3.21. The SMILES string of the molecule is CSc1cc(C)[nH]c(=O)c1CNC(=O)c1c(C)n([C@H](C)C2CCC(NC(=O)C3CC(F)(F)C3)CC2)c2ncccc12. The van der Waals surface area contributed by atoms with Gasteiger partial charge in [-0.15, -0.1) is 11.8 Å². The first-order valence-electron chi connectivity index (χ1n) is 14.2. The predicted octanol–water partition coefficient (Wildman–Crippen LogP) is 5.27. The van der Waals surface area contributed by atoms with Crippen molar-refractivity contribution in [1.29, 1.82) is 0 Å². The van der Waals surface area contributed by atoms with Gasteiger partial charge >= 0.3 is 0 Å². The zero-order valence-corrected chi connectivity index (χ0v) is 24.7. The molecule has 5 rings (SSSR count). The van der Waals surface area contributed by atoms with E-state index in [1.807, 2.05) is 38.3 Å². The number of thioether (sulfide) groups is 1. The topological polar surface area (TPSA) is 109 Å². The summed E-state index contributed by atoms with van der Waals surface area (Å²) < 4.78 is 28.5. The number of hydrogen-bond acceptors (Lipinski definition) is 5. The smallest absolute Gasteiger partial charge is 0.254 e. The van der Waals surface area contributed by atoms with Crippen LogP contribution in [0.2, 0.25) is 0 Å². The van der Waals surface area contributed by atoms with E-state index < -0.39 is 11.8 Å². The minimum Gasteiger partial charge on any atom is -0.353 e. The van der Waals surface area contributed by atoms with Crippen molar-refractivity contribution in [2.75, 3.05) is 6.26 Å². The lowest BCUT2D eigenvalue weighted by molar-refractivity contribution is -0.151. The summed E-state index contributed by atoms with van der Waals surface area (Å²) in [5.74, 6) is -3.49. The molecule has 2 aliphatic rings. The van der Waals surface area contributed by atoms with E-state index in [2.05, 4.69) is 32.1 Å². The molecule has 41 heavy (non-hydrogen) atoms. The van der Waals surface area contributed by atoms with Gasteiger partial charge in [-0.3, -0.25) is 14.4 Å². The second kappa shape index (κ2) is 11.6. The first-order valence-corrected chi connectivity index (χ1v) is 15.4. The lowest BCUT2D eigenvalue weighted by Gasteiger charge is -2.37. The summed E-state index contributed by atoms with van der Waals surface area (Å²) in [7, 11) is 0. The summed E-state index contributed by atoms with van der Waals surface area (Å²) in [4.78, 5) is 46.8. The molecule has 2 fully saturated rings. The third-order valence-electron chi connectivity index (χ3n) is 8.78. The Labute approximate surface area is 242 Å². The van der Waals surface area contributed by atoms with Crippen LogP contribution in [-0.2, 0) is 11.3 Å². The van der Waals surface area contributed by atoms with Gasteiger partial charge in [0.1, 0.15) is 5.65 Å². The standard InChI is InChI=1S/C30H37F2N5O3S/c1-16-12-24(41-4)23(28(39)35-16)15-34-29(40)25-18(3)37(26-22(25)6-5-11-33-26)17(2)19-7-9-21(10-8-19)36-27(38)20-13-30(31,32)14-20/h5-6,11-12,17,19-21H,7-10,13-15H2,1-4H3,(H,34,40)(H,35,39)(H,36,38)/t17-,19?,21?/m1/s1. The molecule has 3 heterocycles. The molecule has 11 heteroatoms. The van der Waals surface area contributed by atoms with Gasteiger partial charge in [-0.05, 0) is 76.8 Å². The number of aryl methyl sites for hydroxylation is 1. The molecule has 3 aromatic rings. The summed E-state index contributed by atoms with van der Waals surface area (Å²) in [5, 5.41) is 6.71. The highest BCUT2D eigenvalue weighted by molar-refractivity contribution is 7.98. The van der Waals surface area contributed by atoms with Crippen LogP contribution < -0.4 is 16.2 Å². The Balaban J connectivity index is 1.29. The lowest BCUT2D eigenvalue weighted by atomic mass is 9.79. The van der Waals surface area contributed by atoms with Gasteiger partial charge in [0.2, 0.25) is 11.8 Å². The second-order valence-corrected chi connectivity index (χ2v) is 12.4. The predicted molar refractivity (Wildman–Crippen MR) is 155 cm³/mol. The fourth-order valence-corrected chi connectivity index (χ4v) is 7.16. The van der Waals surface area contributed by atoms with Gasteiger partial charge < -0.3 is 20.2 Å². The molecule has 3 aromatic heterocycles. The van der Waals surface area contributed by atoms with Gasteiger partial charge in [0.05, 0.1) is 5.56 Å². The number of pyridine rings is 2. The average Bonchev–Trinajstić information content (AvgIpc) is 3.22. The van der Waals surface area contributed by atoms with Gasteiger partial charge in [-0.2, -0.15) is 0 Å². The molecular formula is C30H37F2N5O3S. The average molecular weight is 586 g/mol. The maximum atomic E-state index is 13.6. The molecule has 0 aliphatic heterocycles. The number of carbonyl (C=O) groups is 2. The van der Waals surface area contributed by atoms with Crippen molar-refractivity contribution in [2.24, 2.45) is 11.8 Å². The molecule has 0 bridgehead atoms. The number of aromatic nitrogens is 3. The van der Waals surface area contributed by atoms with Gasteiger partial charge in [-0.25, -0.2) is 13.8 Å². The summed E-state index contributed by atoms with van der Waals surface area (Å²) in [5.41, 5.74) is 3.19. The number of halogens is 2. The van der Waals surface area contributed by atoms with Crippen LogP contribution in [0.5, 0.6) is 0 Å². The van der Waals surface area contributed by atoms with Gasteiger partial charge in [0.25, 0.3) is 11.5 Å². The minimum absolute atomic E-state index is 0.00163. The van der Waals surface area contributed by atoms with Crippen LogP contribution in [-0.4, -0.2) is 44.6 Å². The Morgan fingerprint density at radius 3 is 2.59 bits per heavy atom. The summed E-state index contributed by atoms with van der Waals surface area (Å²) in [6.07, 6.45) is 6.23. The summed E-state index contributed by atoms with van der Waals surface area (Å²) >= 11 is 1.47. The van der Waals surface area contributed by atoms with Crippen molar-refractivity contribution in [3.05, 3.63) is 57.3 Å². The molecular weight excluding hydrogens is 548 g/mol. The fourth-order valence-electron chi connectivity index (χ4n) is 6.46. The first kappa shape index (κ1) is 29.3. The number of H-pyrrole nitrogens is 1. The number of hydrogen-bond donors (Lipinski definition) is 3. The van der Waals surface area contributed by atoms with Crippen molar-refractivity contribution in [2.45, 2.75) is 88.7 Å². The Morgan fingerprint density at radius 1 is 1.22 bits per heavy atom. The zero-order valence-electron chi connectivity index (χ0n) is 23.9. The highest BCUT2D eigenvalue weighted by Gasteiger charge is 2.49. The largest absolute Gasteiger partial charge is 0.353 e. The normalized spacial score (nSPS) is 21.3. The number of nitrogens with one attached hydrogen (secondary N) is 3. The van der Waals surface area contributed by atoms with E-state index in [9.17, 15) is 23.2 Å². The van der Waals surface area contributed by atoms with Crippen LogP contribution >= 0.6 is 11.8 Å². The Kier molecular flexibility index (Phi) is 8.27. The van der Waals surface area contributed by atoms with E-state index in [1.54, 1.807) is 6.20 Å². The number of aromatic amines is 1. The van der Waals surface area contributed by atoms with Gasteiger partial charge in [0, 0.05) is 70.8 Å². The maximum Gasteiger partial charge on any atom is 0.254 e. The van der Waals surface area contributed by atoms with E-state index in [4.69, 9.17) is 0 Å². The fraction of sp³-hybridized carbons (Fsp3) is 0.533. The maximum absolute atomic E-state index is 13.6. The highest BCUT2D eigenvalue weighted by Crippen LogP contribution is 2.43. The summed E-state index contributed by atoms with van der Waals surface area (Å²) in [6, 6.07) is 5.67. The molecule has 1 atom stereocenters. The molecule has 8 nitrogen and oxygen atoms in total. The van der Waals surface area contributed by atoms with E-state index >= 15 is 0 Å². The molecule has 3 N–H and O–H groups in total. The van der Waals surface area contributed by atoms with E-state index in [0.717, 1.165) is 53.0 Å². The minimum atomic E-state index is -2.70. The molecule has 0 aromatic carbocycles. The Bertz CT molecular complexity index is 1520. The molecule has 2 aliphatic carbocycles. The number of amides is 2. The van der Waals surface area contributed by atoms with Crippen LogP contribution in [0.4, 0.5) is 8.78 Å². The molecule has 0 radical (unpaired) electrons. The Morgan fingerprint density at radius 2 is 1.93 bits per heavy atom. The molecule has 0 spiro atoms. The van der Waals surface area contributed by atoms with Crippen molar-refractivity contribution >= 4 is 34.6 Å². The first-order chi connectivity index (χ1) is 19.5. The van der Waals surface area contributed by atoms with Crippen LogP contribution in [0, 0.1) is 25.7 Å². The van der Waals surface area contributed by atoms with Crippen molar-refractivity contribution in [3.8, 4) is 0 Å². The van der Waals surface area contributed by atoms with Crippen molar-refractivity contribution in [3.63, 3.8) is 0 Å². The molecule has 2 amide bonds. The van der Waals surface area contributed by atoms with E-state index in [0.29, 0.717) is 17.0 Å². The molecule has 0 saturated heterocycles. The van der Waals surface area contributed by atoms with Crippen LogP contribution in [0.25, 0.3) is 11.0 Å². The van der Waals surface area contributed by atoms with Crippen molar-refractivity contribution < 1.29 is 18.4 Å². The number of fused-ring (bicyclic) bond motifs is 1. The molecule has 2 saturated carbocycles. The quantitative estimate of drug-likeness (QED) is 0.312. The lowest BCUT2D eigenvalue weighted by Crippen LogP contribution is -2.48. The third-order valence-corrected chi connectivity index (χ3v) is 9.58. The highest BCUT2D eigenvalue weighted by atomic mass is 32.2.